The molecule has 2 aromatic carbocycles. The summed E-state index contributed by atoms with van der Waals surface area (Å²) in [7, 11) is 1.32. The highest BCUT2D eigenvalue weighted by atomic mass is 16.5. The SMILES string of the molecule is COC(=O)c1c(NC(=O)c2ccccc2)c2cc(NCc3ccc(C#CC(C)(C)O)cc3)cnc2n1C[C@H]1CCCO1. The average Bonchev–Trinajstić information content (AvgIpc) is 3.61. The van der Waals surface area contributed by atoms with Crippen LogP contribution in [0, 0.1) is 11.8 Å². The average molecular weight is 567 g/mol. The third-order valence-electron chi connectivity index (χ3n) is 6.93. The predicted octanol–water partition coefficient (Wildman–Crippen LogP) is 4.99. The van der Waals surface area contributed by atoms with Gasteiger partial charge in [0.2, 0.25) is 0 Å². The van der Waals surface area contributed by atoms with Crippen LogP contribution in [0.2, 0.25) is 0 Å². The van der Waals surface area contributed by atoms with Crippen LogP contribution in [0.25, 0.3) is 11.0 Å². The van der Waals surface area contributed by atoms with E-state index in [2.05, 4.69) is 22.5 Å². The van der Waals surface area contributed by atoms with Crippen LogP contribution >= 0.6 is 0 Å². The van der Waals surface area contributed by atoms with Gasteiger partial charge < -0.3 is 29.8 Å². The summed E-state index contributed by atoms with van der Waals surface area (Å²) in [6.45, 7) is 4.88. The van der Waals surface area contributed by atoms with E-state index in [1.807, 2.05) is 36.4 Å². The Morgan fingerprint density at radius 2 is 1.93 bits per heavy atom. The summed E-state index contributed by atoms with van der Waals surface area (Å²) in [5.74, 6) is 4.87. The third-order valence-corrected chi connectivity index (χ3v) is 6.93. The maximum Gasteiger partial charge on any atom is 0.356 e. The zero-order valence-electron chi connectivity index (χ0n) is 23.9. The number of carbonyl (C=O) groups is 2. The molecular formula is C33H34N4O5. The Labute approximate surface area is 244 Å². The summed E-state index contributed by atoms with van der Waals surface area (Å²) in [6, 6.07) is 18.5. The van der Waals surface area contributed by atoms with Gasteiger partial charge in [-0.3, -0.25) is 4.79 Å². The maximum absolute atomic E-state index is 13.2. The molecule has 5 rings (SSSR count). The van der Waals surface area contributed by atoms with Crippen LogP contribution in [0.4, 0.5) is 11.4 Å². The molecule has 9 nitrogen and oxygen atoms in total. The highest BCUT2D eigenvalue weighted by molar-refractivity contribution is 6.14. The Morgan fingerprint density at radius 1 is 1.17 bits per heavy atom. The number of fused-ring (bicyclic) bond motifs is 1. The topological polar surface area (TPSA) is 115 Å². The van der Waals surface area contributed by atoms with Crippen molar-refractivity contribution < 1.29 is 24.2 Å². The lowest BCUT2D eigenvalue weighted by Gasteiger charge is -2.14. The van der Waals surface area contributed by atoms with Crippen LogP contribution < -0.4 is 10.6 Å². The Hall–Kier alpha value is -4.65. The Balaban J connectivity index is 1.48. The molecule has 1 aliphatic heterocycles. The molecule has 2 aromatic heterocycles. The number of rotatable bonds is 8. The van der Waals surface area contributed by atoms with Crippen LogP contribution in [0.3, 0.4) is 0 Å². The number of ether oxygens (including phenoxy) is 2. The fourth-order valence-electron chi connectivity index (χ4n) is 4.84. The molecule has 0 saturated carbocycles. The largest absolute Gasteiger partial charge is 0.464 e. The molecule has 0 bridgehead atoms. The van der Waals surface area contributed by atoms with Crippen LogP contribution in [-0.4, -0.2) is 52.0 Å². The molecule has 3 N–H and O–H groups in total. The zero-order valence-corrected chi connectivity index (χ0v) is 23.9. The van der Waals surface area contributed by atoms with Crippen molar-refractivity contribution in [2.24, 2.45) is 0 Å². The van der Waals surface area contributed by atoms with Gasteiger partial charge in [0.05, 0.1) is 37.3 Å². The number of esters is 1. The van der Waals surface area contributed by atoms with Gasteiger partial charge in [0, 0.05) is 29.7 Å². The van der Waals surface area contributed by atoms with E-state index < -0.39 is 11.6 Å². The van der Waals surface area contributed by atoms with E-state index in [9.17, 15) is 14.7 Å². The quantitative estimate of drug-likeness (QED) is 0.203. The molecule has 1 fully saturated rings. The standard InChI is InChI=1S/C33H34N4O5/c1-33(2,40)16-15-22-11-13-23(14-12-22)19-34-25-18-27-28(36-31(38)24-8-5-4-6-9-24)29(32(39)41-3)37(30(27)35-20-25)21-26-10-7-17-42-26/h4-6,8-9,11-14,18,20,26,34,40H,7,10,17,19,21H2,1-3H3,(H,36,38)/t26-/m1/s1. The van der Waals surface area contributed by atoms with E-state index in [-0.39, 0.29) is 17.7 Å². The number of carbonyl (C=O) groups excluding carboxylic acids is 2. The van der Waals surface area contributed by atoms with Crippen molar-refractivity contribution in [2.45, 2.75) is 51.5 Å². The predicted molar refractivity (Wildman–Crippen MR) is 161 cm³/mol. The van der Waals surface area contributed by atoms with Gasteiger partial charge in [-0.15, -0.1) is 0 Å². The summed E-state index contributed by atoms with van der Waals surface area (Å²) in [5.41, 5.74) is 3.07. The monoisotopic (exact) mass is 566 g/mol. The first kappa shape index (κ1) is 28.9. The van der Waals surface area contributed by atoms with Gasteiger partial charge in [-0.1, -0.05) is 42.2 Å². The molecule has 0 unspecified atom stereocenters. The zero-order chi connectivity index (χ0) is 29.7. The van der Waals surface area contributed by atoms with Gasteiger partial charge in [0.25, 0.3) is 5.91 Å². The minimum Gasteiger partial charge on any atom is -0.464 e. The van der Waals surface area contributed by atoms with Crippen LogP contribution in [0.1, 0.15) is 58.7 Å². The van der Waals surface area contributed by atoms with Gasteiger partial charge in [0.1, 0.15) is 11.2 Å². The molecule has 216 valence electrons. The normalized spacial score (nSPS) is 14.7. The molecule has 4 aromatic rings. The Kier molecular flexibility index (Phi) is 8.57. The minimum absolute atomic E-state index is 0.0719. The van der Waals surface area contributed by atoms with Gasteiger partial charge in [-0.25, -0.2) is 9.78 Å². The van der Waals surface area contributed by atoms with E-state index in [0.717, 1.165) is 24.0 Å². The van der Waals surface area contributed by atoms with Crippen molar-refractivity contribution in [2.75, 3.05) is 24.4 Å². The van der Waals surface area contributed by atoms with Gasteiger partial charge in [-0.2, -0.15) is 0 Å². The molecule has 0 radical (unpaired) electrons. The number of nitrogens with one attached hydrogen (secondary N) is 2. The van der Waals surface area contributed by atoms with Crippen LogP contribution in [0.15, 0.2) is 66.9 Å². The van der Waals surface area contributed by atoms with Gasteiger partial charge in [0.15, 0.2) is 5.69 Å². The summed E-state index contributed by atoms with van der Waals surface area (Å²) in [5, 5.41) is 16.8. The molecule has 1 aliphatic rings. The fraction of sp³-hybridized carbons (Fsp3) is 0.303. The van der Waals surface area contributed by atoms with Crippen molar-refractivity contribution in [3.8, 4) is 11.8 Å². The highest BCUT2D eigenvalue weighted by Crippen LogP contribution is 2.34. The highest BCUT2D eigenvalue weighted by Gasteiger charge is 2.29. The first-order valence-corrected chi connectivity index (χ1v) is 13.9. The van der Waals surface area contributed by atoms with Gasteiger partial charge in [-0.05, 0) is 62.6 Å². The van der Waals surface area contributed by atoms with Crippen molar-refractivity contribution in [1.82, 2.24) is 9.55 Å². The molecule has 0 aliphatic carbocycles. The van der Waals surface area contributed by atoms with Crippen molar-refractivity contribution >= 4 is 34.3 Å². The summed E-state index contributed by atoms with van der Waals surface area (Å²) < 4.78 is 12.8. The van der Waals surface area contributed by atoms with E-state index in [1.54, 1.807) is 48.9 Å². The minimum atomic E-state index is -1.05. The molecule has 3 heterocycles. The van der Waals surface area contributed by atoms with Crippen molar-refractivity contribution in [3.63, 3.8) is 0 Å². The first-order valence-electron chi connectivity index (χ1n) is 13.9. The molecule has 1 amide bonds. The number of aromatic nitrogens is 2. The molecule has 42 heavy (non-hydrogen) atoms. The summed E-state index contributed by atoms with van der Waals surface area (Å²) in [6.07, 6.45) is 3.45. The molecular weight excluding hydrogens is 532 g/mol. The van der Waals surface area contributed by atoms with Crippen molar-refractivity contribution in [1.29, 1.82) is 0 Å². The fourth-order valence-corrected chi connectivity index (χ4v) is 4.84. The number of hydrogen-bond acceptors (Lipinski definition) is 7. The second kappa shape index (κ2) is 12.5. The van der Waals surface area contributed by atoms with Crippen LogP contribution in [-0.2, 0) is 22.6 Å². The molecule has 1 saturated heterocycles. The number of nitrogens with zero attached hydrogens (tertiary/aromatic N) is 2. The Morgan fingerprint density at radius 3 is 2.60 bits per heavy atom. The molecule has 0 spiro atoms. The number of hydrogen-bond donors (Lipinski definition) is 3. The van der Waals surface area contributed by atoms with E-state index >= 15 is 0 Å². The number of methoxy groups -OCH3 is 1. The lowest BCUT2D eigenvalue weighted by Crippen LogP contribution is -2.21. The van der Waals surface area contributed by atoms with E-state index in [4.69, 9.17) is 14.5 Å². The second-order valence-electron chi connectivity index (χ2n) is 10.7. The van der Waals surface area contributed by atoms with E-state index in [1.165, 1.54) is 7.11 Å². The second-order valence-corrected chi connectivity index (χ2v) is 10.7. The number of pyridine rings is 1. The summed E-state index contributed by atoms with van der Waals surface area (Å²) in [4.78, 5) is 31.1. The molecule has 1 atom stereocenters. The number of anilines is 2. The van der Waals surface area contributed by atoms with Crippen LogP contribution in [0.5, 0.6) is 0 Å². The Bertz CT molecular complexity index is 1640. The lowest BCUT2D eigenvalue weighted by molar-refractivity contribution is 0.0580. The third kappa shape index (κ3) is 6.79. The van der Waals surface area contributed by atoms with Crippen molar-refractivity contribution in [3.05, 3.63) is 89.2 Å². The molecule has 9 heteroatoms. The number of amides is 1. The lowest BCUT2D eigenvalue weighted by atomic mass is 10.1. The maximum atomic E-state index is 13.2. The smallest absolute Gasteiger partial charge is 0.356 e. The van der Waals surface area contributed by atoms with Gasteiger partial charge >= 0.3 is 5.97 Å². The number of benzene rings is 2. The first-order chi connectivity index (χ1) is 20.2. The van der Waals surface area contributed by atoms with E-state index in [0.29, 0.717) is 47.7 Å². The number of aliphatic hydroxyl groups is 1. The summed E-state index contributed by atoms with van der Waals surface area (Å²) >= 11 is 0.